The number of benzene rings is 1. The summed E-state index contributed by atoms with van der Waals surface area (Å²) in [6.07, 6.45) is 2.56. The standard InChI is InChI=1S/C13H18N2O.ClH/c14-12-7-4-8-15(10-12)13(16)9-11-5-2-1-3-6-11;/h1-3,5-6,12H,4,7-10,14H2;1H/t12-;/m1./s1. The van der Waals surface area contributed by atoms with Gasteiger partial charge in [-0.3, -0.25) is 4.79 Å². The fourth-order valence-corrected chi connectivity index (χ4v) is 2.12. The summed E-state index contributed by atoms with van der Waals surface area (Å²) in [5, 5.41) is 0. The Morgan fingerprint density at radius 2 is 2.06 bits per heavy atom. The Bertz CT molecular complexity index is 356. The predicted molar refractivity (Wildman–Crippen MR) is 71.2 cm³/mol. The lowest BCUT2D eigenvalue weighted by Gasteiger charge is -2.30. The summed E-state index contributed by atoms with van der Waals surface area (Å²) in [6, 6.07) is 10.0. The van der Waals surface area contributed by atoms with Gasteiger partial charge in [-0.05, 0) is 18.4 Å². The third-order valence-electron chi connectivity index (χ3n) is 3.01. The van der Waals surface area contributed by atoms with Crippen LogP contribution in [0.4, 0.5) is 0 Å². The van der Waals surface area contributed by atoms with Crippen molar-refractivity contribution >= 4 is 18.3 Å². The first-order chi connectivity index (χ1) is 7.75. The van der Waals surface area contributed by atoms with E-state index in [0.717, 1.165) is 24.9 Å². The fraction of sp³-hybridized carbons (Fsp3) is 0.462. The number of piperidine rings is 1. The molecule has 0 aliphatic carbocycles. The molecule has 94 valence electrons. The summed E-state index contributed by atoms with van der Waals surface area (Å²) < 4.78 is 0. The molecule has 3 nitrogen and oxygen atoms in total. The summed E-state index contributed by atoms with van der Waals surface area (Å²) in [5.74, 6) is 0.196. The zero-order valence-electron chi connectivity index (χ0n) is 9.84. The van der Waals surface area contributed by atoms with Gasteiger partial charge < -0.3 is 10.6 Å². The van der Waals surface area contributed by atoms with E-state index in [9.17, 15) is 4.79 Å². The Morgan fingerprint density at radius 1 is 1.35 bits per heavy atom. The van der Waals surface area contributed by atoms with Gasteiger partial charge in [0.1, 0.15) is 0 Å². The van der Waals surface area contributed by atoms with Crippen LogP contribution in [0.1, 0.15) is 18.4 Å². The van der Waals surface area contributed by atoms with Crippen molar-refractivity contribution in [2.75, 3.05) is 13.1 Å². The van der Waals surface area contributed by atoms with Crippen molar-refractivity contribution < 1.29 is 4.79 Å². The molecule has 0 bridgehead atoms. The van der Waals surface area contributed by atoms with E-state index < -0.39 is 0 Å². The van der Waals surface area contributed by atoms with Crippen LogP contribution in [0.15, 0.2) is 30.3 Å². The summed E-state index contributed by atoms with van der Waals surface area (Å²) in [4.78, 5) is 13.9. The highest BCUT2D eigenvalue weighted by atomic mass is 35.5. The van der Waals surface area contributed by atoms with Crippen molar-refractivity contribution in [2.45, 2.75) is 25.3 Å². The molecule has 1 fully saturated rings. The Hall–Kier alpha value is -1.06. The van der Waals surface area contributed by atoms with Crippen LogP contribution in [-0.2, 0) is 11.2 Å². The van der Waals surface area contributed by atoms with Crippen molar-refractivity contribution in [3.8, 4) is 0 Å². The zero-order valence-corrected chi connectivity index (χ0v) is 10.7. The van der Waals surface area contributed by atoms with Gasteiger partial charge >= 0.3 is 0 Å². The Balaban J connectivity index is 0.00000144. The molecular formula is C13H19ClN2O. The third kappa shape index (κ3) is 4.02. The number of nitrogens with two attached hydrogens (primary N) is 1. The van der Waals surface area contributed by atoms with E-state index in [1.807, 2.05) is 35.2 Å². The molecule has 1 aliphatic heterocycles. The lowest BCUT2D eigenvalue weighted by molar-refractivity contribution is -0.131. The average molecular weight is 255 g/mol. The summed E-state index contributed by atoms with van der Waals surface area (Å²) in [6.45, 7) is 1.57. The number of likely N-dealkylation sites (tertiary alicyclic amines) is 1. The van der Waals surface area contributed by atoms with Gasteiger partial charge in [-0.25, -0.2) is 0 Å². The minimum atomic E-state index is 0. The summed E-state index contributed by atoms with van der Waals surface area (Å²) in [7, 11) is 0. The maximum absolute atomic E-state index is 12.0. The van der Waals surface area contributed by atoms with Crippen LogP contribution in [0, 0.1) is 0 Å². The quantitative estimate of drug-likeness (QED) is 0.872. The molecule has 0 radical (unpaired) electrons. The number of rotatable bonds is 2. The van der Waals surface area contributed by atoms with E-state index in [4.69, 9.17) is 5.73 Å². The lowest BCUT2D eigenvalue weighted by Crippen LogP contribution is -2.46. The normalized spacial score (nSPS) is 19.6. The maximum atomic E-state index is 12.0. The fourth-order valence-electron chi connectivity index (χ4n) is 2.12. The largest absolute Gasteiger partial charge is 0.341 e. The van der Waals surface area contributed by atoms with Crippen molar-refractivity contribution in [3.05, 3.63) is 35.9 Å². The van der Waals surface area contributed by atoms with Crippen LogP contribution in [0.3, 0.4) is 0 Å². The van der Waals surface area contributed by atoms with Gasteiger partial charge in [-0.1, -0.05) is 30.3 Å². The van der Waals surface area contributed by atoms with Crippen LogP contribution in [0.5, 0.6) is 0 Å². The van der Waals surface area contributed by atoms with Crippen LogP contribution in [0.2, 0.25) is 0 Å². The zero-order chi connectivity index (χ0) is 11.4. The SMILES string of the molecule is Cl.N[C@@H]1CCCN(C(=O)Cc2ccccc2)C1. The van der Waals surface area contributed by atoms with Crippen molar-refractivity contribution in [1.29, 1.82) is 0 Å². The molecule has 2 N–H and O–H groups in total. The average Bonchev–Trinajstić information content (AvgIpc) is 2.30. The van der Waals surface area contributed by atoms with Gasteiger partial charge in [0.2, 0.25) is 5.91 Å². The molecule has 1 atom stereocenters. The highest BCUT2D eigenvalue weighted by molar-refractivity contribution is 5.85. The van der Waals surface area contributed by atoms with Gasteiger partial charge in [0.25, 0.3) is 0 Å². The highest BCUT2D eigenvalue weighted by Gasteiger charge is 2.20. The molecule has 0 saturated carbocycles. The first kappa shape index (κ1) is 14.0. The molecule has 0 aromatic heterocycles. The Morgan fingerprint density at radius 3 is 2.71 bits per heavy atom. The lowest BCUT2D eigenvalue weighted by atomic mass is 10.1. The minimum absolute atomic E-state index is 0. The molecule has 17 heavy (non-hydrogen) atoms. The molecule has 0 unspecified atom stereocenters. The van der Waals surface area contributed by atoms with E-state index in [-0.39, 0.29) is 24.4 Å². The molecule has 1 aliphatic rings. The van der Waals surface area contributed by atoms with Crippen molar-refractivity contribution in [3.63, 3.8) is 0 Å². The smallest absolute Gasteiger partial charge is 0.227 e. The number of amides is 1. The van der Waals surface area contributed by atoms with E-state index in [1.54, 1.807) is 0 Å². The third-order valence-corrected chi connectivity index (χ3v) is 3.01. The number of carbonyl (C=O) groups is 1. The van der Waals surface area contributed by atoms with Crippen LogP contribution in [-0.4, -0.2) is 29.9 Å². The number of carbonyl (C=O) groups excluding carboxylic acids is 1. The first-order valence-corrected chi connectivity index (χ1v) is 5.83. The molecule has 0 spiro atoms. The van der Waals surface area contributed by atoms with Crippen LogP contribution in [0.25, 0.3) is 0 Å². The van der Waals surface area contributed by atoms with E-state index in [2.05, 4.69) is 0 Å². The second-order valence-corrected chi connectivity index (χ2v) is 4.40. The molecule has 1 saturated heterocycles. The molecule has 4 heteroatoms. The van der Waals surface area contributed by atoms with E-state index >= 15 is 0 Å². The van der Waals surface area contributed by atoms with Crippen LogP contribution >= 0.6 is 12.4 Å². The summed E-state index contributed by atoms with van der Waals surface area (Å²) >= 11 is 0. The minimum Gasteiger partial charge on any atom is -0.341 e. The number of hydrogen-bond acceptors (Lipinski definition) is 2. The Labute approximate surface area is 108 Å². The van der Waals surface area contributed by atoms with Crippen molar-refractivity contribution in [1.82, 2.24) is 4.90 Å². The second kappa shape index (κ2) is 6.62. The summed E-state index contributed by atoms with van der Waals surface area (Å²) in [5.41, 5.74) is 6.94. The predicted octanol–water partition coefficient (Wildman–Crippen LogP) is 1.60. The highest BCUT2D eigenvalue weighted by Crippen LogP contribution is 2.10. The molecule has 2 rings (SSSR count). The Kier molecular flexibility index (Phi) is 5.45. The topological polar surface area (TPSA) is 46.3 Å². The monoisotopic (exact) mass is 254 g/mol. The molecular weight excluding hydrogens is 236 g/mol. The van der Waals surface area contributed by atoms with E-state index in [0.29, 0.717) is 13.0 Å². The first-order valence-electron chi connectivity index (χ1n) is 5.83. The molecule has 1 aromatic rings. The van der Waals surface area contributed by atoms with Gasteiger partial charge in [0.05, 0.1) is 6.42 Å². The molecule has 1 aromatic carbocycles. The van der Waals surface area contributed by atoms with Crippen LogP contribution < -0.4 is 5.73 Å². The van der Waals surface area contributed by atoms with E-state index in [1.165, 1.54) is 0 Å². The number of nitrogens with zero attached hydrogens (tertiary/aromatic N) is 1. The number of halogens is 1. The maximum Gasteiger partial charge on any atom is 0.227 e. The second-order valence-electron chi connectivity index (χ2n) is 4.40. The van der Waals surface area contributed by atoms with Gasteiger partial charge in [-0.2, -0.15) is 0 Å². The van der Waals surface area contributed by atoms with Gasteiger partial charge in [0, 0.05) is 19.1 Å². The van der Waals surface area contributed by atoms with Gasteiger partial charge in [-0.15, -0.1) is 12.4 Å². The van der Waals surface area contributed by atoms with Gasteiger partial charge in [0.15, 0.2) is 0 Å². The number of hydrogen-bond donors (Lipinski definition) is 1. The molecule has 1 heterocycles. The molecule has 1 amide bonds. The van der Waals surface area contributed by atoms with Crippen molar-refractivity contribution in [2.24, 2.45) is 5.73 Å².